The van der Waals surface area contributed by atoms with Gasteiger partial charge in [-0.3, -0.25) is 4.79 Å². The van der Waals surface area contributed by atoms with Gasteiger partial charge in [-0.05, 0) is 37.3 Å². The van der Waals surface area contributed by atoms with Gasteiger partial charge in [-0.15, -0.1) is 0 Å². The van der Waals surface area contributed by atoms with Crippen molar-refractivity contribution in [2.75, 3.05) is 6.54 Å². The fraction of sp³-hybridized carbons (Fsp3) is 0.533. The van der Waals surface area contributed by atoms with Gasteiger partial charge in [0.1, 0.15) is 5.75 Å². The van der Waals surface area contributed by atoms with Crippen LogP contribution in [0.5, 0.6) is 5.75 Å². The first-order chi connectivity index (χ1) is 8.58. The van der Waals surface area contributed by atoms with Gasteiger partial charge in [0.25, 0.3) is 5.91 Å². The molecule has 1 aromatic rings. The van der Waals surface area contributed by atoms with E-state index in [2.05, 4.69) is 12.2 Å². The van der Waals surface area contributed by atoms with Crippen LogP contribution in [0.4, 0.5) is 0 Å². The molecule has 1 amide bonds. The summed E-state index contributed by atoms with van der Waals surface area (Å²) in [4.78, 5) is 12.0. The molecule has 2 unspecified atom stereocenters. The standard InChI is InChI=1S/C15H21NO2/c1-10-6-7-14(17)13(8-10)15(18)16-9-12-5-3-4-11(12)2/h6-8,11-12,17H,3-5,9H2,1-2H3,(H,16,18). The highest BCUT2D eigenvalue weighted by Gasteiger charge is 2.24. The molecule has 1 aliphatic carbocycles. The molecule has 0 spiro atoms. The van der Waals surface area contributed by atoms with E-state index in [0.717, 1.165) is 5.56 Å². The van der Waals surface area contributed by atoms with Gasteiger partial charge in [0.15, 0.2) is 0 Å². The molecule has 0 bridgehead atoms. The van der Waals surface area contributed by atoms with E-state index in [1.54, 1.807) is 18.2 Å². The molecule has 98 valence electrons. The smallest absolute Gasteiger partial charge is 0.255 e. The molecule has 18 heavy (non-hydrogen) atoms. The zero-order valence-corrected chi connectivity index (χ0v) is 11.1. The second-order valence-electron chi connectivity index (χ2n) is 5.40. The Labute approximate surface area is 108 Å². The Kier molecular flexibility index (Phi) is 3.90. The predicted molar refractivity (Wildman–Crippen MR) is 71.7 cm³/mol. The van der Waals surface area contributed by atoms with Crippen LogP contribution in [0.25, 0.3) is 0 Å². The number of nitrogens with one attached hydrogen (secondary N) is 1. The number of hydrogen-bond donors (Lipinski definition) is 2. The number of phenolic OH excluding ortho intramolecular Hbond substituents is 1. The second-order valence-corrected chi connectivity index (χ2v) is 5.40. The molecule has 1 fully saturated rings. The molecule has 1 aromatic carbocycles. The minimum absolute atomic E-state index is 0.0533. The SMILES string of the molecule is Cc1ccc(O)c(C(=O)NCC2CCCC2C)c1. The first-order valence-electron chi connectivity index (χ1n) is 6.65. The van der Waals surface area contributed by atoms with Crippen LogP contribution in [0.3, 0.4) is 0 Å². The maximum absolute atomic E-state index is 12.0. The van der Waals surface area contributed by atoms with Crippen LogP contribution in [0.2, 0.25) is 0 Å². The molecule has 2 rings (SSSR count). The molecule has 0 aliphatic heterocycles. The van der Waals surface area contributed by atoms with Gasteiger partial charge in [-0.25, -0.2) is 0 Å². The minimum Gasteiger partial charge on any atom is -0.507 e. The summed E-state index contributed by atoms with van der Waals surface area (Å²) in [6.45, 7) is 4.87. The molecule has 0 saturated heterocycles. The minimum atomic E-state index is -0.171. The van der Waals surface area contributed by atoms with E-state index in [1.165, 1.54) is 19.3 Å². The molecular weight excluding hydrogens is 226 g/mol. The maximum Gasteiger partial charge on any atom is 0.255 e. The normalized spacial score (nSPS) is 23.0. The summed E-state index contributed by atoms with van der Waals surface area (Å²) in [5, 5.41) is 12.6. The van der Waals surface area contributed by atoms with Gasteiger partial charge in [-0.1, -0.05) is 31.4 Å². The van der Waals surface area contributed by atoms with Crippen molar-refractivity contribution >= 4 is 5.91 Å². The van der Waals surface area contributed by atoms with Gasteiger partial charge in [-0.2, -0.15) is 0 Å². The van der Waals surface area contributed by atoms with E-state index in [1.807, 2.05) is 6.92 Å². The van der Waals surface area contributed by atoms with Crippen molar-refractivity contribution in [3.05, 3.63) is 29.3 Å². The van der Waals surface area contributed by atoms with Crippen molar-refractivity contribution in [1.82, 2.24) is 5.32 Å². The first kappa shape index (κ1) is 12.9. The van der Waals surface area contributed by atoms with Crippen LogP contribution in [0.15, 0.2) is 18.2 Å². The van der Waals surface area contributed by atoms with Crippen molar-refractivity contribution in [2.45, 2.75) is 33.1 Å². The van der Waals surface area contributed by atoms with E-state index in [0.29, 0.717) is 23.9 Å². The maximum atomic E-state index is 12.0. The van der Waals surface area contributed by atoms with Gasteiger partial charge in [0.05, 0.1) is 5.56 Å². The fourth-order valence-corrected chi connectivity index (χ4v) is 2.68. The zero-order chi connectivity index (χ0) is 13.1. The van der Waals surface area contributed by atoms with Crippen LogP contribution >= 0.6 is 0 Å². The monoisotopic (exact) mass is 247 g/mol. The van der Waals surface area contributed by atoms with E-state index < -0.39 is 0 Å². The zero-order valence-electron chi connectivity index (χ0n) is 11.1. The van der Waals surface area contributed by atoms with Crippen molar-refractivity contribution in [1.29, 1.82) is 0 Å². The molecule has 3 heteroatoms. The molecule has 1 saturated carbocycles. The summed E-state index contributed by atoms with van der Waals surface area (Å²) in [6, 6.07) is 5.09. The van der Waals surface area contributed by atoms with Crippen molar-refractivity contribution < 1.29 is 9.90 Å². The predicted octanol–water partition coefficient (Wildman–Crippen LogP) is 2.87. The molecule has 2 N–H and O–H groups in total. The third-order valence-electron chi connectivity index (χ3n) is 3.96. The number of phenols is 1. The number of aryl methyl sites for hydroxylation is 1. The summed E-state index contributed by atoms with van der Waals surface area (Å²) >= 11 is 0. The number of amides is 1. The van der Waals surface area contributed by atoms with Crippen LogP contribution in [-0.2, 0) is 0 Å². The number of benzene rings is 1. The van der Waals surface area contributed by atoms with Gasteiger partial charge >= 0.3 is 0 Å². The average Bonchev–Trinajstić information content (AvgIpc) is 2.75. The highest BCUT2D eigenvalue weighted by Crippen LogP contribution is 2.30. The van der Waals surface area contributed by atoms with Crippen molar-refractivity contribution in [3.8, 4) is 5.75 Å². The third-order valence-corrected chi connectivity index (χ3v) is 3.96. The topological polar surface area (TPSA) is 49.3 Å². The lowest BCUT2D eigenvalue weighted by Gasteiger charge is -2.16. The number of carbonyl (C=O) groups excluding carboxylic acids is 1. The molecular formula is C15H21NO2. The first-order valence-corrected chi connectivity index (χ1v) is 6.65. The van der Waals surface area contributed by atoms with Crippen LogP contribution < -0.4 is 5.32 Å². The van der Waals surface area contributed by atoms with Gasteiger partial charge in [0.2, 0.25) is 0 Å². The Balaban J connectivity index is 1.97. The van der Waals surface area contributed by atoms with Gasteiger partial charge in [0, 0.05) is 6.54 Å². The number of rotatable bonds is 3. The summed E-state index contributed by atoms with van der Waals surface area (Å²) < 4.78 is 0. The van der Waals surface area contributed by atoms with Gasteiger partial charge < -0.3 is 10.4 Å². The van der Waals surface area contributed by atoms with E-state index in [9.17, 15) is 9.90 Å². The lowest BCUT2D eigenvalue weighted by molar-refractivity contribution is 0.0942. The number of carbonyl (C=O) groups is 1. The van der Waals surface area contributed by atoms with Crippen LogP contribution in [0, 0.1) is 18.8 Å². The molecule has 3 nitrogen and oxygen atoms in total. The molecule has 1 aliphatic rings. The quantitative estimate of drug-likeness (QED) is 0.863. The summed E-state index contributed by atoms with van der Waals surface area (Å²) in [5.41, 5.74) is 1.35. The lowest BCUT2D eigenvalue weighted by atomic mass is 9.98. The highest BCUT2D eigenvalue weighted by molar-refractivity contribution is 5.96. The van der Waals surface area contributed by atoms with Crippen LogP contribution in [-0.4, -0.2) is 17.6 Å². The highest BCUT2D eigenvalue weighted by atomic mass is 16.3. The Bertz CT molecular complexity index is 442. The second kappa shape index (κ2) is 5.42. The fourth-order valence-electron chi connectivity index (χ4n) is 2.68. The summed E-state index contributed by atoms with van der Waals surface area (Å²) in [7, 11) is 0. The largest absolute Gasteiger partial charge is 0.507 e. The Morgan fingerprint density at radius 2 is 2.22 bits per heavy atom. The number of aromatic hydroxyl groups is 1. The summed E-state index contributed by atoms with van der Waals surface area (Å²) in [6.07, 6.45) is 3.72. The van der Waals surface area contributed by atoms with Crippen LogP contribution in [0.1, 0.15) is 42.1 Å². The molecule has 2 atom stereocenters. The Morgan fingerprint density at radius 3 is 2.89 bits per heavy atom. The molecule has 0 radical (unpaired) electrons. The van der Waals surface area contributed by atoms with Crippen molar-refractivity contribution in [3.63, 3.8) is 0 Å². The van der Waals surface area contributed by atoms with E-state index >= 15 is 0 Å². The summed E-state index contributed by atoms with van der Waals surface area (Å²) in [5.74, 6) is 1.16. The number of hydrogen-bond acceptors (Lipinski definition) is 2. The lowest BCUT2D eigenvalue weighted by Crippen LogP contribution is -2.30. The average molecular weight is 247 g/mol. The third kappa shape index (κ3) is 2.84. The van der Waals surface area contributed by atoms with E-state index in [-0.39, 0.29) is 11.7 Å². The Morgan fingerprint density at radius 1 is 1.44 bits per heavy atom. The van der Waals surface area contributed by atoms with E-state index in [4.69, 9.17) is 0 Å². The Hall–Kier alpha value is -1.51. The van der Waals surface area contributed by atoms with Crippen molar-refractivity contribution in [2.24, 2.45) is 11.8 Å². The molecule has 0 aromatic heterocycles. The molecule has 0 heterocycles.